The maximum atomic E-state index is 11.0. The van der Waals surface area contributed by atoms with E-state index < -0.39 is 0 Å². The quantitative estimate of drug-likeness (QED) is 0.619. The Hall–Kier alpha value is -1.08. The third kappa shape index (κ3) is 4.83. The molecule has 80 valence electrons. The van der Waals surface area contributed by atoms with Crippen molar-refractivity contribution in [1.82, 2.24) is 4.90 Å². The highest BCUT2D eigenvalue weighted by Crippen LogP contribution is 2.03. The van der Waals surface area contributed by atoms with Crippen LogP contribution in [0.25, 0.3) is 0 Å². The highest BCUT2D eigenvalue weighted by molar-refractivity contribution is 5.71. The summed E-state index contributed by atoms with van der Waals surface area (Å²) in [5.41, 5.74) is 0. The van der Waals surface area contributed by atoms with E-state index in [2.05, 4.69) is 10.8 Å². The molecule has 4 nitrogen and oxygen atoms in total. The molecule has 0 aromatic carbocycles. The molecule has 0 aliphatic rings. The second kappa shape index (κ2) is 6.39. The van der Waals surface area contributed by atoms with E-state index in [4.69, 9.17) is 5.26 Å². The average molecular weight is 198 g/mol. The van der Waals surface area contributed by atoms with Gasteiger partial charge in [0.25, 0.3) is 0 Å². The van der Waals surface area contributed by atoms with Crippen molar-refractivity contribution in [2.45, 2.75) is 26.8 Å². The molecule has 0 aliphatic carbocycles. The Kier molecular flexibility index (Phi) is 5.89. The topological polar surface area (TPSA) is 53.3 Å². The van der Waals surface area contributed by atoms with Crippen molar-refractivity contribution in [1.29, 1.82) is 5.26 Å². The van der Waals surface area contributed by atoms with Crippen LogP contribution in [0.1, 0.15) is 20.8 Å². The van der Waals surface area contributed by atoms with Crippen LogP contribution in [0.15, 0.2) is 0 Å². The molecule has 0 amide bonds. The lowest BCUT2D eigenvalue weighted by Gasteiger charge is -2.25. The number of nitriles is 1. The minimum Gasteiger partial charge on any atom is -0.468 e. The van der Waals surface area contributed by atoms with E-state index in [0.29, 0.717) is 6.54 Å². The lowest BCUT2D eigenvalue weighted by molar-refractivity contribution is -0.142. The number of carbonyl (C=O) groups excluding carboxylic acids is 1. The molecule has 0 aromatic heterocycles. The molecule has 4 heteroatoms. The van der Waals surface area contributed by atoms with Gasteiger partial charge in [-0.1, -0.05) is 0 Å². The first-order valence-corrected chi connectivity index (χ1v) is 4.71. The third-order valence-electron chi connectivity index (χ3n) is 2.02. The van der Waals surface area contributed by atoms with Crippen molar-refractivity contribution in [3.05, 3.63) is 0 Å². The molecule has 0 rings (SSSR count). The predicted octanol–water partition coefficient (Wildman–Crippen LogP) is 1.03. The molecule has 1 unspecified atom stereocenters. The van der Waals surface area contributed by atoms with E-state index in [-0.39, 0.29) is 24.5 Å². The Labute approximate surface area is 85.5 Å². The average Bonchev–Trinajstić information content (AvgIpc) is 2.16. The van der Waals surface area contributed by atoms with Gasteiger partial charge in [0.1, 0.15) is 0 Å². The number of esters is 1. The molecular weight excluding hydrogens is 180 g/mol. The normalized spacial score (nSPS) is 12.6. The fourth-order valence-electron chi connectivity index (χ4n) is 1.08. The summed E-state index contributed by atoms with van der Waals surface area (Å²) >= 11 is 0. The molecule has 0 bridgehead atoms. The van der Waals surface area contributed by atoms with E-state index in [9.17, 15) is 4.79 Å². The zero-order valence-corrected chi connectivity index (χ0v) is 9.28. The minimum absolute atomic E-state index is 0.0675. The van der Waals surface area contributed by atoms with Gasteiger partial charge in [-0.05, 0) is 20.8 Å². The fourth-order valence-corrected chi connectivity index (χ4v) is 1.08. The van der Waals surface area contributed by atoms with Gasteiger partial charge >= 0.3 is 5.97 Å². The second-order valence-electron chi connectivity index (χ2n) is 3.63. The number of ether oxygens (including phenoxy) is 1. The smallest absolute Gasteiger partial charge is 0.319 e. The number of hydrogen-bond donors (Lipinski definition) is 0. The van der Waals surface area contributed by atoms with Crippen molar-refractivity contribution < 1.29 is 9.53 Å². The minimum atomic E-state index is -0.260. The Morgan fingerprint density at radius 2 is 2.07 bits per heavy atom. The van der Waals surface area contributed by atoms with Crippen LogP contribution < -0.4 is 0 Å². The van der Waals surface area contributed by atoms with Crippen molar-refractivity contribution in [3.63, 3.8) is 0 Å². The SMILES string of the molecule is COC(=O)CN(CC(C)C#N)C(C)C. The Bertz CT molecular complexity index is 221. The highest BCUT2D eigenvalue weighted by atomic mass is 16.5. The van der Waals surface area contributed by atoms with Crippen LogP contribution in [0.2, 0.25) is 0 Å². The number of rotatable bonds is 5. The Morgan fingerprint density at radius 3 is 2.43 bits per heavy atom. The number of methoxy groups -OCH3 is 1. The molecule has 0 saturated carbocycles. The molecule has 0 aliphatic heterocycles. The van der Waals surface area contributed by atoms with Gasteiger partial charge in [0.2, 0.25) is 0 Å². The first kappa shape index (κ1) is 12.9. The van der Waals surface area contributed by atoms with Gasteiger partial charge in [-0.3, -0.25) is 9.69 Å². The van der Waals surface area contributed by atoms with Crippen LogP contribution in [0.3, 0.4) is 0 Å². The zero-order chi connectivity index (χ0) is 11.1. The van der Waals surface area contributed by atoms with Crippen molar-refractivity contribution in [3.8, 4) is 6.07 Å². The molecule has 0 aromatic rings. The molecule has 14 heavy (non-hydrogen) atoms. The first-order valence-electron chi connectivity index (χ1n) is 4.71. The van der Waals surface area contributed by atoms with Gasteiger partial charge < -0.3 is 4.74 Å². The van der Waals surface area contributed by atoms with Gasteiger partial charge in [-0.15, -0.1) is 0 Å². The van der Waals surface area contributed by atoms with Crippen LogP contribution in [-0.2, 0) is 9.53 Å². The molecule has 0 N–H and O–H groups in total. The van der Waals surface area contributed by atoms with Gasteiger partial charge in [-0.25, -0.2) is 0 Å². The lowest BCUT2D eigenvalue weighted by atomic mass is 10.1. The Morgan fingerprint density at radius 1 is 1.50 bits per heavy atom. The van der Waals surface area contributed by atoms with E-state index >= 15 is 0 Å². The van der Waals surface area contributed by atoms with Crippen LogP contribution in [-0.4, -0.2) is 37.1 Å². The summed E-state index contributed by atoms with van der Waals surface area (Å²) in [6.07, 6.45) is 0. The summed E-state index contributed by atoms with van der Waals surface area (Å²) in [5.74, 6) is -0.328. The van der Waals surface area contributed by atoms with Crippen LogP contribution in [0.5, 0.6) is 0 Å². The van der Waals surface area contributed by atoms with Crippen molar-refractivity contribution >= 4 is 5.97 Å². The van der Waals surface area contributed by atoms with Crippen molar-refractivity contribution in [2.24, 2.45) is 5.92 Å². The number of nitrogens with zero attached hydrogens (tertiary/aromatic N) is 2. The van der Waals surface area contributed by atoms with Crippen LogP contribution >= 0.6 is 0 Å². The van der Waals surface area contributed by atoms with Crippen LogP contribution in [0, 0.1) is 17.2 Å². The highest BCUT2D eigenvalue weighted by Gasteiger charge is 2.16. The standard InChI is InChI=1S/C10H18N2O2/c1-8(2)12(6-9(3)5-11)7-10(13)14-4/h8-9H,6-7H2,1-4H3. The molecule has 0 spiro atoms. The summed E-state index contributed by atoms with van der Waals surface area (Å²) < 4.78 is 4.58. The largest absolute Gasteiger partial charge is 0.468 e. The zero-order valence-electron chi connectivity index (χ0n) is 9.28. The first-order chi connectivity index (χ1) is 6.51. The fraction of sp³-hybridized carbons (Fsp3) is 0.800. The molecule has 0 heterocycles. The van der Waals surface area contributed by atoms with E-state index in [0.717, 1.165) is 0 Å². The van der Waals surface area contributed by atoms with Gasteiger partial charge in [0.05, 0.1) is 25.6 Å². The summed E-state index contributed by atoms with van der Waals surface area (Å²) in [4.78, 5) is 13.0. The summed E-state index contributed by atoms with van der Waals surface area (Å²) in [7, 11) is 1.37. The second-order valence-corrected chi connectivity index (χ2v) is 3.63. The van der Waals surface area contributed by atoms with Crippen LogP contribution in [0.4, 0.5) is 0 Å². The number of carbonyl (C=O) groups is 1. The summed E-state index contributed by atoms with van der Waals surface area (Å²) in [6.45, 7) is 6.68. The van der Waals surface area contributed by atoms with Gasteiger partial charge in [-0.2, -0.15) is 5.26 Å². The van der Waals surface area contributed by atoms with E-state index in [1.54, 1.807) is 0 Å². The van der Waals surface area contributed by atoms with E-state index in [1.165, 1.54) is 7.11 Å². The number of hydrogen-bond acceptors (Lipinski definition) is 4. The maximum Gasteiger partial charge on any atom is 0.319 e. The maximum absolute atomic E-state index is 11.0. The third-order valence-corrected chi connectivity index (χ3v) is 2.02. The molecule has 0 saturated heterocycles. The van der Waals surface area contributed by atoms with Crippen molar-refractivity contribution in [2.75, 3.05) is 20.2 Å². The molecule has 0 fully saturated rings. The summed E-state index contributed by atoms with van der Waals surface area (Å²) in [6, 6.07) is 2.39. The van der Waals surface area contributed by atoms with Gasteiger partial charge in [0, 0.05) is 12.6 Å². The summed E-state index contributed by atoms with van der Waals surface area (Å²) in [5, 5.41) is 8.66. The predicted molar refractivity (Wildman–Crippen MR) is 53.5 cm³/mol. The Balaban J connectivity index is 4.17. The molecule has 1 atom stereocenters. The molecule has 0 radical (unpaired) electrons. The monoisotopic (exact) mass is 198 g/mol. The molecular formula is C10H18N2O2. The lowest BCUT2D eigenvalue weighted by Crippen LogP contribution is -2.38. The van der Waals surface area contributed by atoms with E-state index in [1.807, 2.05) is 25.7 Å². The van der Waals surface area contributed by atoms with Gasteiger partial charge in [0.15, 0.2) is 0 Å².